The van der Waals surface area contributed by atoms with Gasteiger partial charge in [0.1, 0.15) is 5.00 Å². The lowest BCUT2D eigenvalue weighted by molar-refractivity contribution is 0.680. The monoisotopic (exact) mass is 245 g/mol. The van der Waals surface area contributed by atoms with E-state index in [1.54, 1.807) is 6.20 Å². The highest BCUT2D eigenvalue weighted by molar-refractivity contribution is 7.09. The summed E-state index contributed by atoms with van der Waals surface area (Å²) in [5, 5.41) is 8.48. The Morgan fingerprint density at radius 1 is 1.29 bits per heavy atom. The number of nitrogens with one attached hydrogen (secondary N) is 1. The lowest BCUT2D eigenvalue weighted by Crippen LogP contribution is -2.12. The third-order valence-electron chi connectivity index (χ3n) is 3.19. The second-order valence-electron chi connectivity index (χ2n) is 4.65. The van der Waals surface area contributed by atoms with Crippen molar-refractivity contribution in [2.75, 3.05) is 5.32 Å². The molecule has 2 aromatic rings. The van der Waals surface area contributed by atoms with Crippen LogP contribution in [-0.2, 0) is 0 Å². The number of hydrogen-bond acceptors (Lipinski definition) is 4. The second-order valence-corrected chi connectivity index (χ2v) is 5.44. The van der Waals surface area contributed by atoms with Gasteiger partial charge in [0.15, 0.2) is 0 Å². The fourth-order valence-corrected chi connectivity index (χ4v) is 2.52. The summed E-state index contributed by atoms with van der Waals surface area (Å²) in [4.78, 5) is 0. The fraction of sp³-hybridized carbons (Fsp3) is 0.385. The quantitative estimate of drug-likeness (QED) is 0.897. The van der Waals surface area contributed by atoms with Crippen LogP contribution in [0.1, 0.15) is 30.0 Å². The summed E-state index contributed by atoms with van der Waals surface area (Å²) in [7, 11) is 0. The van der Waals surface area contributed by atoms with Crippen molar-refractivity contribution in [2.24, 2.45) is 5.92 Å². The van der Waals surface area contributed by atoms with Crippen LogP contribution in [0.3, 0.4) is 0 Å². The largest absolute Gasteiger partial charge is 0.367 e. The molecule has 3 nitrogen and oxygen atoms in total. The molecule has 17 heavy (non-hydrogen) atoms. The van der Waals surface area contributed by atoms with Crippen molar-refractivity contribution in [3.63, 3.8) is 0 Å². The maximum atomic E-state index is 3.89. The number of aromatic nitrogens is 2. The molecule has 1 aromatic carbocycles. The Morgan fingerprint density at radius 3 is 2.65 bits per heavy atom. The summed E-state index contributed by atoms with van der Waals surface area (Å²) in [5.41, 5.74) is 2.68. The summed E-state index contributed by atoms with van der Waals surface area (Å²) in [6.45, 7) is 2.12. The van der Waals surface area contributed by atoms with Gasteiger partial charge in [-0.3, -0.25) is 0 Å². The van der Waals surface area contributed by atoms with E-state index in [1.165, 1.54) is 35.5 Å². The lowest BCUT2D eigenvalue weighted by Gasteiger charge is -2.18. The molecule has 0 saturated heterocycles. The Morgan fingerprint density at radius 2 is 2.06 bits per heavy atom. The van der Waals surface area contributed by atoms with E-state index in [9.17, 15) is 0 Å². The van der Waals surface area contributed by atoms with E-state index in [2.05, 4.69) is 46.1 Å². The van der Waals surface area contributed by atoms with Crippen LogP contribution in [-0.4, -0.2) is 9.59 Å². The van der Waals surface area contributed by atoms with Crippen LogP contribution in [0.4, 0.5) is 5.00 Å². The van der Waals surface area contributed by atoms with E-state index in [-0.39, 0.29) is 0 Å². The number of benzene rings is 1. The van der Waals surface area contributed by atoms with Crippen LogP contribution in [0, 0.1) is 12.8 Å². The van der Waals surface area contributed by atoms with Gasteiger partial charge >= 0.3 is 0 Å². The predicted octanol–water partition coefficient (Wildman–Crippen LogP) is 3.41. The van der Waals surface area contributed by atoms with Gasteiger partial charge in [0.05, 0.1) is 12.2 Å². The Kier molecular flexibility index (Phi) is 2.81. The van der Waals surface area contributed by atoms with E-state index >= 15 is 0 Å². The van der Waals surface area contributed by atoms with Crippen molar-refractivity contribution < 1.29 is 0 Å². The van der Waals surface area contributed by atoms with Crippen LogP contribution in [0.15, 0.2) is 30.5 Å². The number of anilines is 1. The SMILES string of the molecule is Cc1ccc(C(Nc2cnns2)C2CC2)cc1. The maximum Gasteiger partial charge on any atom is 0.130 e. The normalized spacial score (nSPS) is 16.8. The molecule has 3 rings (SSSR count). The van der Waals surface area contributed by atoms with Crippen molar-refractivity contribution in [3.8, 4) is 0 Å². The van der Waals surface area contributed by atoms with Crippen LogP contribution in [0.25, 0.3) is 0 Å². The van der Waals surface area contributed by atoms with E-state index in [0.29, 0.717) is 6.04 Å². The molecule has 1 unspecified atom stereocenters. The minimum atomic E-state index is 0.415. The Hall–Kier alpha value is -1.42. The third-order valence-corrected chi connectivity index (χ3v) is 3.78. The molecule has 1 aliphatic carbocycles. The minimum Gasteiger partial charge on any atom is -0.367 e. The molecule has 1 aliphatic rings. The second kappa shape index (κ2) is 4.45. The summed E-state index contributed by atoms with van der Waals surface area (Å²) in [6, 6.07) is 9.21. The predicted molar refractivity (Wildman–Crippen MR) is 70.2 cm³/mol. The first-order valence-corrected chi connectivity index (χ1v) is 6.71. The molecule has 0 radical (unpaired) electrons. The summed E-state index contributed by atoms with van der Waals surface area (Å²) in [6.07, 6.45) is 4.43. The molecule has 0 bridgehead atoms. The molecule has 4 heteroatoms. The van der Waals surface area contributed by atoms with E-state index < -0.39 is 0 Å². The van der Waals surface area contributed by atoms with Crippen molar-refractivity contribution in [2.45, 2.75) is 25.8 Å². The molecule has 0 spiro atoms. The van der Waals surface area contributed by atoms with Crippen LogP contribution in [0.2, 0.25) is 0 Å². The zero-order valence-electron chi connectivity index (χ0n) is 9.76. The molecule has 0 aliphatic heterocycles. The Bertz CT molecular complexity index is 474. The van der Waals surface area contributed by atoms with Crippen LogP contribution in [0.5, 0.6) is 0 Å². The number of rotatable bonds is 4. The standard InChI is InChI=1S/C13H15N3S/c1-9-2-4-10(5-3-9)13(11-6-7-11)15-12-8-14-16-17-12/h2-5,8,11,13,15H,6-7H2,1H3. The zero-order valence-corrected chi connectivity index (χ0v) is 10.6. The van der Waals surface area contributed by atoms with Crippen molar-refractivity contribution >= 4 is 16.5 Å². The first-order valence-electron chi connectivity index (χ1n) is 5.93. The summed E-state index contributed by atoms with van der Waals surface area (Å²) < 4.78 is 3.89. The van der Waals surface area contributed by atoms with Crippen molar-refractivity contribution in [3.05, 3.63) is 41.6 Å². The topological polar surface area (TPSA) is 37.8 Å². The van der Waals surface area contributed by atoms with E-state index in [0.717, 1.165) is 10.9 Å². The van der Waals surface area contributed by atoms with Gasteiger partial charge in [-0.2, -0.15) is 0 Å². The Labute approximate surface area is 105 Å². The van der Waals surface area contributed by atoms with Gasteiger partial charge < -0.3 is 5.32 Å². The number of aryl methyl sites for hydroxylation is 1. The molecule has 1 N–H and O–H groups in total. The van der Waals surface area contributed by atoms with E-state index in [4.69, 9.17) is 0 Å². The van der Waals surface area contributed by atoms with Gasteiger partial charge in [0.2, 0.25) is 0 Å². The van der Waals surface area contributed by atoms with Gasteiger partial charge in [-0.05, 0) is 31.2 Å². The van der Waals surface area contributed by atoms with Crippen molar-refractivity contribution in [1.29, 1.82) is 0 Å². The maximum absolute atomic E-state index is 3.89. The fourth-order valence-electron chi connectivity index (χ4n) is 2.06. The molecule has 88 valence electrons. The summed E-state index contributed by atoms with van der Waals surface area (Å²) >= 11 is 1.42. The number of hydrogen-bond donors (Lipinski definition) is 1. The number of nitrogens with zero attached hydrogens (tertiary/aromatic N) is 2. The highest BCUT2D eigenvalue weighted by Crippen LogP contribution is 2.43. The molecule has 1 fully saturated rings. The molecular weight excluding hydrogens is 230 g/mol. The molecule has 1 aromatic heterocycles. The molecular formula is C13H15N3S. The van der Waals surface area contributed by atoms with E-state index in [1.807, 2.05) is 0 Å². The lowest BCUT2D eigenvalue weighted by atomic mass is 10.0. The smallest absolute Gasteiger partial charge is 0.130 e. The first kappa shape index (κ1) is 10.7. The van der Waals surface area contributed by atoms with Gasteiger partial charge in [0, 0.05) is 11.5 Å². The molecule has 1 saturated carbocycles. The first-order chi connectivity index (χ1) is 8.33. The van der Waals surface area contributed by atoms with Gasteiger partial charge in [-0.25, -0.2) is 0 Å². The average molecular weight is 245 g/mol. The average Bonchev–Trinajstić information content (AvgIpc) is 3.05. The van der Waals surface area contributed by atoms with Crippen LogP contribution < -0.4 is 5.32 Å². The Balaban J connectivity index is 1.82. The van der Waals surface area contributed by atoms with Gasteiger partial charge in [-0.1, -0.05) is 34.3 Å². The van der Waals surface area contributed by atoms with Crippen LogP contribution >= 0.6 is 11.5 Å². The highest BCUT2D eigenvalue weighted by Gasteiger charge is 2.32. The molecule has 1 atom stereocenters. The zero-order chi connectivity index (χ0) is 11.7. The molecule has 0 amide bonds. The third kappa shape index (κ3) is 2.47. The minimum absolute atomic E-state index is 0.415. The van der Waals surface area contributed by atoms with Gasteiger partial charge in [-0.15, -0.1) is 5.10 Å². The van der Waals surface area contributed by atoms with Crippen molar-refractivity contribution in [1.82, 2.24) is 9.59 Å². The van der Waals surface area contributed by atoms with Gasteiger partial charge in [0.25, 0.3) is 0 Å². The summed E-state index contributed by atoms with van der Waals surface area (Å²) in [5.74, 6) is 0.764. The molecule has 1 heterocycles. The highest BCUT2D eigenvalue weighted by atomic mass is 32.1.